The maximum Gasteiger partial charge on any atom is 0.407 e. The van der Waals surface area contributed by atoms with Gasteiger partial charge in [-0.05, 0) is 30.9 Å². The molecule has 1 heterocycles. The molecule has 0 aliphatic carbocycles. The number of benzene rings is 1. The maximum absolute atomic E-state index is 13.5. The van der Waals surface area contributed by atoms with E-state index in [2.05, 4.69) is 26.6 Å². The lowest BCUT2D eigenvalue weighted by Gasteiger charge is -2.23. The number of nitrogens with one attached hydrogen (secondary N) is 5. The molecule has 286 valence electrons. The minimum Gasteiger partial charge on any atom is -0.491 e. The minimum absolute atomic E-state index is 0.0267. The Balaban J connectivity index is 2.02. The first-order chi connectivity index (χ1) is 24.7. The Morgan fingerprint density at radius 1 is 0.942 bits per heavy atom. The van der Waals surface area contributed by atoms with Crippen molar-refractivity contribution >= 4 is 53.1 Å². The first-order valence-corrected chi connectivity index (χ1v) is 16.8. The van der Waals surface area contributed by atoms with E-state index >= 15 is 0 Å². The summed E-state index contributed by atoms with van der Waals surface area (Å²) in [7, 11) is 1.41. The summed E-state index contributed by atoms with van der Waals surface area (Å²) in [5.41, 5.74) is 5.96. The molecular weight excluding hydrogens is 682 g/mol. The van der Waals surface area contributed by atoms with Gasteiger partial charge in [-0.1, -0.05) is 13.8 Å². The van der Waals surface area contributed by atoms with E-state index in [0.29, 0.717) is 17.7 Å². The Kier molecular flexibility index (Phi) is 18.3. The molecule has 8 amide bonds. The number of hydrogen-bond acceptors (Lipinski definition) is 11. The fourth-order valence-electron chi connectivity index (χ4n) is 4.97. The second kappa shape index (κ2) is 22.3. The molecule has 0 fully saturated rings. The van der Waals surface area contributed by atoms with Crippen LogP contribution in [0.4, 0.5) is 15.3 Å². The third kappa shape index (κ3) is 15.6. The van der Waals surface area contributed by atoms with Crippen LogP contribution in [0.1, 0.15) is 52.0 Å². The van der Waals surface area contributed by atoms with Crippen LogP contribution < -0.4 is 37.1 Å². The van der Waals surface area contributed by atoms with Crippen molar-refractivity contribution in [3.8, 4) is 5.75 Å². The Hall–Kier alpha value is -5.52. The molecule has 2 rings (SSSR count). The molecule has 0 saturated heterocycles. The molecule has 18 heteroatoms. The van der Waals surface area contributed by atoms with Gasteiger partial charge in [0.05, 0.1) is 19.3 Å². The molecule has 1 aromatic carbocycles. The molecule has 18 nitrogen and oxygen atoms in total. The van der Waals surface area contributed by atoms with Crippen molar-refractivity contribution in [2.75, 3.05) is 51.8 Å². The number of anilines is 1. The Bertz CT molecular complexity index is 1460. The smallest absolute Gasteiger partial charge is 0.407 e. The molecule has 0 spiro atoms. The number of ether oxygens (including phenoxy) is 3. The number of amides is 8. The average molecular weight is 732 g/mol. The highest BCUT2D eigenvalue weighted by molar-refractivity contribution is 6.13. The molecule has 0 saturated carbocycles. The zero-order valence-corrected chi connectivity index (χ0v) is 29.9. The van der Waals surface area contributed by atoms with Crippen LogP contribution >= 0.6 is 0 Å². The molecule has 0 bridgehead atoms. The Morgan fingerprint density at radius 3 is 2.29 bits per heavy atom. The molecule has 0 unspecified atom stereocenters. The number of imide groups is 1. The number of Topliss-reactive ketones (excluding diaryl/α,β-unsaturated/α-hetero) is 1. The second-order valence-corrected chi connectivity index (χ2v) is 12.1. The molecule has 2 atom stereocenters. The second-order valence-electron chi connectivity index (χ2n) is 12.1. The van der Waals surface area contributed by atoms with Gasteiger partial charge in [-0.15, -0.1) is 0 Å². The third-order valence-electron chi connectivity index (χ3n) is 7.63. The Labute approximate surface area is 301 Å². The number of alkyl carbamates (subject to hydrolysis) is 1. The lowest BCUT2D eigenvalue weighted by molar-refractivity contribution is -0.137. The van der Waals surface area contributed by atoms with Crippen LogP contribution in [0.15, 0.2) is 30.4 Å². The third-order valence-corrected chi connectivity index (χ3v) is 7.63. The lowest BCUT2D eigenvalue weighted by Crippen LogP contribution is -2.44. The van der Waals surface area contributed by atoms with Gasteiger partial charge in [0.2, 0.25) is 17.7 Å². The number of urea groups is 1. The van der Waals surface area contributed by atoms with E-state index in [1.54, 1.807) is 26.0 Å². The zero-order chi connectivity index (χ0) is 38.6. The van der Waals surface area contributed by atoms with E-state index in [9.17, 15) is 38.4 Å². The molecule has 1 aromatic rings. The van der Waals surface area contributed by atoms with Gasteiger partial charge in [0, 0.05) is 81.8 Å². The van der Waals surface area contributed by atoms with Crippen LogP contribution in [0.5, 0.6) is 5.75 Å². The normalized spacial score (nSPS) is 13.3. The first-order valence-electron chi connectivity index (χ1n) is 16.8. The van der Waals surface area contributed by atoms with E-state index < -0.39 is 41.8 Å². The van der Waals surface area contributed by atoms with Gasteiger partial charge >= 0.3 is 12.1 Å². The number of nitrogens with zero attached hydrogens (tertiary/aromatic N) is 1. The summed E-state index contributed by atoms with van der Waals surface area (Å²) in [4.78, 5) is 97.5. The largest absolute Gasteiger partial charge is 0.491 e. The summed E-state index contributed by atoms with van der Waals surface area (Å²) in [6.45, 7) is 5.39. The van der Waals surface area contributed by atoms with Crippen LogP contribution in [0, 0.1) is 11.8 Å². The zero-order valence-electron chi connectivity index (χ0n) is 29.9. The van der Waals surface area contributed by atoms with Gasteiger partial charge in [-0.2, -0.15) is 0 Å². The lowest BCUT2D eigenvalue weighted by atomic mass is 9.89. The minimum atomic E-state index is -0.811. The number of nitrogens with two attached hydrogens (primary N) is 1. The highest BCUT2D eigenvalue weighted by Gasteiger charge is 2.29. The molecule has 0 aromatic heterocycles. The fraction of sp³-hybridized carbons (Fsp3) is 0.529. The molecule has 1 aliphatic heterocycles. The fourth-order valence-corrected chi connectivity index (χ4v) is 4.97. The van der Waals surface area contributed by atoms with E-state index in [0.717, 1.165) is 17.1 Å². The van der Waals surface area contributed by atoms with Crippen molar-refractivity contribution in [2.24, 2.45) is 17.6 Å². The molecule has 1 aliphatic rings. The van der Waals surface area contributed by atoms with Crippen LogP contribution in [0.3, 0.4) is 0 Å². The average Bonchev–Trinajstić information content (AvgIpc) is 3.41. The van der Waals surface area contributed by atoms with Crippen LogP contribution in [-0.2, 0) is 44.8 Å². The van der Waals surface area contributed by atoms with Crippen molar-refractivity contribution in [3.05, 3.63) is 35.9 Å². The van der Waals surface area contributed by atoms with E-state index in [-0.39, 0.29) is 94.6 Å². The summed E-state index contributed by atoms with van der Waals surface area (Å²) >= 11 is 0. The summed E-state index contributed by atoms with van der Waals surface area (Å²) in [5, 5.41) is 12.9. The number of rotatable bonds is 23. The van der Waals surface area contributed by atoms with Gasteiger partial charge in [0.15, 0.2) is 5.78 Å². The summed E-state index contributed by atoms with van der Waals surface area (Å²) in [6.07, 6.45) is 2.01. The van der Waals surface area contributed by atoms with Gasteiger partial charge in [0.25, 0.3) is 11.8 Å². The van der Waals surface area contributed by atoms with Gasteiger partial charge in [-0.3, -0.25) is 33.7 Å². The molecule has 52 heavy (non-hydrogen) atoms. The standard InChI is InChI=1S/C34H49N7O11/c1-21(2)31(39-22(3)42)26(43)18-23(6-5-12-38-33(35)48)32(47)40-25-8-7-24(20-52-34(49)36-4)27(19-25)51-17-16-50-15-13-37-28(44)11-14-41-29(45)9-10-30(41)46/h7-10,19,21,23,31H,5-6,11-18,20H2,1-4H3,(H,36,49)(H,37,44)(H,39,42)(H,40,47)(H3,35,38,48)/t23-,31+/m1/s1. The number of carbonyl (C=O) groups excluding carboxylic acids is 8. The number of ketones is 1. The van der Waals surface area contributed by atoms with Gasteiger partial charge in [-0.25, -0.2) is 9.59 Å². The van der Waals surface area contributed by atoms with Crippen LogP contribution in [0.2, 0.25) is 0 Å². The molecule has 7 N–H and O–H groups in total. The van der Waals surface area contributed by atoms with Crippen LogP contribution in [-0.4, -0.2) is 105 Å². The molecular formula is C34H49N7O11. The van der Waals surface area contributed by atoms with E-state index in [4.69, 9.17) is 19.9 Å². The van der Waals surface area contributed by atoms with Crippen molar-refractivity contribution in [3.63, 3.8) is 0 Å². The van der Waals surface area contributed by atoms with Crippen LogP contribution in [0.25, 0.3) is 0 Å². The number of primary amides is 1. The van der Waals surface area contributed by atoms with Gasteiger partial charge in [0.1, 0.15) is 19.0 Å². The topological polar surface area (TPSA) is 254 Å². The number of hydrogen-bond donors (Lipinski definition) is 6. The van der Waals surface area contributed by atoms with Crippen molar-refractivity contribution < 1.29 is 52.6 Å². The quantitative estimate of drug-likeness (QED) is 0.0667. The summed E-state index contributed by atoms with van der Waals surface area (Å²) in [6, 6.07) is 3.22. The first kappa shape index (κ1) is 42.6. The predicted octanol–water partition coefficient (Wildman–Crippen LogP) is 0.492. The monoisotopic (exact) mass is 731 g/mol. The summed E-state index contributed by atoms with van der Waals surface area (Å²) < 4.78 is 16.6. The molecule has 0 radical (unpaired) electrons. The van der Waals surface area contributed by atoms with E-state index in [1.165, 1.54) is 20.0 Å². The van der Waals surface area contributed by atoms with Crippen molar-refractivity contribution in [2.45, 2.75) is 59.1 Å². The Morgan fingerprint density at radius 2 is 1.65 bits per heavy atom. The summed E-state index contributed by atoms with van der Waals surface area (Å²) in [5.74, 6) is -3.17. The van der Waals surface area contributed by atoms with E-state index in [1.807, 2.05) is 0 Å². The predicted molar refractivity (Wildman–Crippen MR) is 186 cm³/mol. The van der Waals surface area contributed by atoms with Crippen molar-refractivity contribution in [1.82, 2.24) is 26.2 Å². The highest BCUT2D eigenvalue weighted by Crippen LogP contribution is 2.26. The SMILES string of the molecule is CNC(=O)OCc1ccc(NC(=O)[C@H](CCCNC(N)=O)CC(=O)[C@@H](NC(C)=O)C(C)C)cc1OCCOCCNC(=O)CCN1C(=O)C=CC1=O. The van der Waals surface area contributed by atoms with Crippen molar-refractivity contribution in [1.29, 1.82) is 0 Å². The number of carbonyl (C=O) groups is 8. The highest BCUT2D eigenvalue weighted by atomic mass is 16.6. The van der Waals surface area contributed by atoms with Gasteiger partial charge < -0.3 is 46.5 Å². The maximum atomic E-state index is 13.5.